The fraction of sp³-hybridized carbons (Fsp3) is 0.158. The van der Waals surface area contributed by atoms with E-state index in [0.717, 1.165) is 6.42 Å². The molecule has 0 heteroatoms. The molecule has 0 saturated heterocycles. The van der Waals surface area contributed by atoms with Crippen LogP contribution in [0.15, 0.2) is 60.7 Å². The Labute approximate surface area is 116 Å². The lowest BCUT2D eigenvalue weighted by Gasteiger charge is -1.96. The Morgan fingerprint density at radius 3 is 1.68 bits per heavy atom. The molecule has 0 atom stereocenters. The lowest BCUT2D eigenvalue weighted by Crippen LogP contribution is -1.78. The minimum atomic E-state index is 1.09. The smallest absolute Gasteiger partial charge is 0.0256 e. The van der Waals surface area contributed by atoms with Gasteiger partial charge < -0.3 is 0 Å². The van der Waals surface area contributed by atoms with Gasteiger partial charge in [-0.2, -0.15) is 0 Å². The molecule has 0 bridgehead atoms. The maximum Gasteiger partial charge on any atom is -0.0256 e. The molecule has 0 unspecified atom stereocenters. The van der Waals surface area contributed by atoms with E-state index in [0.29, 0.717) is 0 Å². The van der Waals surface area contributed by atoms with E-state index < -0.39 is 0 Å². The van der Waals surface area contributed by atoms with Gasteiger partial charge in [0.15, 0.2) is 0 Å². The molecule has 0 amide bonds. The van der Waals surface area contributed by atoms with Crippen molar-refractivity contribution in [2.24, 2.45) is 0 Å². The lowest BCUT2D eigenvalue weighted by atomic mass is 10.1. The van der Waals surface area contributed by atoms with Crippen LogP contribution in [0, 0.1) is 6.92 Å². The highest BCUT2D eigenvalue weighted by Crippen LogP contribution is 2.08. The highest BCUT2D eigenvalue weighted by molar-refractivity contribution is 5.57. The summed E-state index contributed by atoms with van der Waals surface area (Å²) in [4.78, 5) is 0. The summed E-state index contributed by atoms with van der Waals surface area (Å²) >= 11 is 0. The van der Waals surface area contributed by atoms with Gasteiger partial charge in [-0.1, -0.05) is 85.3 Å². The van der Waals surface area contributed by atoms with Crippen molar-refractivity contribution in [1.29, 1.82) is 0 Å². The molecule has 0 nitrogen and oxygen atoms in total. The van der Waals surface area contributed by atoms with Crippen LogP contribution >= 0.6 is 0 Å². The number of allylic oxidation sites excluding steroid dienone is 2. The Morgan fingerprint density at radius 1 is 0.737 bits per heavy atom. The summed E-state index contributed by atoms with van der Waals surface area (Å²) in [6.45, 7) is 4.28. The second-order valence-electron chi connectivity index (χ2n) is 4.72. The molecule has 0 fully saturated rings. The molecule has 96 valence electrons. The summed E-state index contributed by atoms with van der Waals surface area (Å²) in [5.41, 5.74) is 5.15. The van der Waals surface area contributed by atoms with Crippen LogP contribution in [0.5, 0.6) is 0 Å². The molecule has 0 saturated carbocycles. The van der Waals surface area contributed by atoms with Gasteiger partial charge in [0.2, 0.25) is 0 Å². The van der Waals surface area contributed by atoms with E-state index in [1.54, 1.807) is 0 Å². The van der Waals surface area contributed by atoms with Crippen LogP contribution in [0.3, 0.4) is 0 Å². The van der Waals surface area contributed by atoms with E-state index in [4.69, 9.17) is 0 Å². The molecule has 0 N–H and O–H groups in total. The molecule has 0 spiro atoms. The van der Waals surface area contributed by atoms with E-state index >= 15 is 0 Å². The maximum atomic E-state index is 2.18. The third kappa shape index (κ3) is 4.26. The zero-order chi connectivity index (χ0) is 13.5. The molecule has 0 aromatic heterocycles. The Morgan fingerprint density at radius 2 is 1.21 bits per heavy atom. The van der Waals surface area contributed by atoms with Crippen LogP contribution in [-0.2, 0) is 6.42 Å². The summed E-state index contributed by atoms with van der Waals surface area (Å²) in [5.74, 6) is 0. The van der Waals surface area contributed by atoms with Crippen molar-refractivity contribution in [3.05, 3.63) is 82.9 Å². The van der Waals surface area contributed by atoms with E-state index in [1.165, 1.54) is 22.3 Å². The molecular formula is C19H20. The fourth-order valence-electron chi connectivity index (χ4n) is 1.88. The van der Waals surface area contributed by atoms with Gasteiger partial charge in [-0.15, -0.1) is 0 Å². The first-order valence-electron chi connectivity index (χ1n) is 6.78. The molecule has 0 radical (unpaired) electrons. The second-order valence-corrected chi connectivity index (χ2v) is 4.72. The number of rotatable bonds is 4. The van der Waals surface area contributed by atoms with Crippen LogP contribution in [-0.4, -0.2) is 0 Å². The van der Waals surface area contributed by atoms with Gasteiger partial charge in [-0.25, -0.2) is 0 Å². The fourth-order valence-corrected chi connectivity index (χ4v) is 1.88. The molecule has 0 heterocycles. The maximum absolute atomic E-state index is 2.18. The Hall–Kier alpha value is -2.08. The second kappa shape index (κ2) is 6.75. The molecule has 2 aromatic rings. The highest BCUT2D eigenvalue weighted by atomic mass is 13.9. The van der Waals surface area contributed by atoms with Crippen molar-refractivity contribution < 1.29 is 0 Å². The first kappa shape index (κ1) is 13.4. The SMILES string of the molecule is CCc1ccc(C=CC=Cc2ccc(C)cc2)cc1. The van der Waals surface area contributed by atoms with Crippen LogP contribution in [0.25, 0.3) is 12.2 Å². The molecule has 0 aliphatic heterocycles. The van der Waals surface area contributed by atoms with Gasteiger partial charge in [-0.05, 0) is 30.0 Å². The van der Waals surface area contributed by atoms with E-state index in [-0.39, 0.29) is 0 Å². The van der Waals surface area contributed by atoms with Gasteiger partial charge in [0, 0.05) is 0 Å². The van der Waals surface area contributed by atoms with Crippen LogP contribution in [0.2, 0.25) is 0 Å². The Bertz CT molecular complexity index is 554. The number of hydrogen-bond donors (Lipinski definition) is 0. The minimum Gasteiger partial charge on any atom is -0.0617 e. The standard InChI is InChI=1S/C19H20/c1-3-17-12-14-19(15-13-17)7-5-4-6-18-10-8-16(2)9-11-18/h4-15H,3H2,1-2H3. The number of aryl methyl sites for hydroxylation is 2. The predicted octanol–water partition coefficient (Wildman–Crippen LogP) is 5.28. The van der Waals surface area contributed by atoms with Crippen molar-refractivity contribution in [2.45, 2.75) is 20.3 Å². The summed E-state index contributed by atoms with van der Waals surface area (Å²) in [5, 5.41) is 0. The normalized spacial score (nSPS) is 11.5. The van der Waals surface area contributed by atoms with E-state index in [2.05, 4.69) is 86.7 Å². The number of hydrogen-bond acceptors (Lipinski definition) is 0. The number of benzene rings is 2. The largest absolute Gasteiger partial charge is 0.0617 e. The Balaban J connectivity index is 1.96. The lowest BCUT2D eigenvalue weighted by molar-refractivity contribution is 1.14. The van der Waals surface area contributed by atoms with Crippen molar-refractivity contribution in [2.75, 3.05) is 0 Å². The van der Waals surface area contributed by atoms with Crippen LogP contribution < -0.4 is 0 Å². The summed E-state index contributed by atoms with van der Waals surface area (Å²) < 4.78 is 0. The molecule has 2 aromatic carbocycles. The van der Waals surface area contributed by atoms with Gasteiger partial charge in [0.05, 0.1) is 0 Å². The monoisotopic (exact) mass is 248 g/mol. The molecule has 2 rings (SSSR count). The Kier molecular flexibility index (Phi) is 4.74. The van der Waals surface area contributed by atoms with E-state index in [1.807, 2.05) is 0 Å². The average Bonchev–Trinajstić information content (AvgIpc) is 2.46. The molecular weight excluding hydrogens is 228 g/mol. The van der Waals surface area contributed by atoms with Crippen LogP contribution in [0.4, 0.5) is 0 Å². The third-order valence-electron chi connectivity index (χ3n) is 3.15. The van der Waals surface area contributed by atoms with Crippen molar-refractivity contribution in [3.8, 4) is 0 Å². The van der Waals surface area contributed by atoms with Gasteiger partial charge in [0.25, 0.3) is 0 Å². The topological polar surface area (TPSA) is 0 Å². The van der Waals surface area contributed by atoms with Crippen molar-refractivity contribution in [1.82, 2.24) is 0 Å². The van der Waals surface area contributed by atoms with Crippen molar-refractivity contribution >= 4 is 12.2 Å². The summed E-state index contributed by atoms with van der Waals surface area (Å²) in [7, 11) is 0. The minimum absolute atomic E-state index is 1.09. The zero-order valence-electron chi connectivity index (χ0n) is 11.6. The summed E-state index contributed by atoms with van der Waals surface area (Å²) in [6, 6.07) is 17.2. The first-order chi connectivity index (χ1) is 9.28. The zero-order valence-corrected chi connectivity index (χ0v) is 11.6. The average molecular weight is 248 g/mol. The highest BCUT2D eigenvalue weighted by Gasteiger charge is 1.88. The van der Waals surface area contributed by atoms with E-state index in [9.17, 15) is 0 Å². The summed E-state index contributed by atoms with van der Waals surface area (Å²) in [6.07, 6.45) is 9.51. The van der Waals surface area contributed by atoms with Gasteiger partial charge >= 0.3 is 0 Å². The van der Waals surface area contributed by atoms with Crippen molar-refractivity contribution in [3.63, 3.8) is 0 Å². The van der Waals surface area contributed by atoms with Gasteiger partial charge in [0.1, 0.15) is 0 Å². The third-order valence-corrected chi connectivity index (χ3v) is 3.15. The molecule has 0 aliphatic rings. The predicted molar refractivity (Wildman–Crippen MR) is 85.1 cm³/mol. The van der Waals surface area contributed by atoms with Gasteiger partial charge in [-0.3, -0.25) is 0 Å². The first-order valence-corrected chi connectivity index (χ1v) is 6.78. The molecule has 0 aliphatic carbocycles. The van der Waals surface area contributed by atoms with Crippen LogP contribution in [0.1, 0.15) is 29.2 Å². The quantitative estimate of drug-likeness (QED) is 0.645. The molecule has 19 heavy (non-hydrogen) atoms.